The van der Waals surface area contributed by atoms with E-state index < -0.39 is 0 Å². The van der Waals surface area contributed by atoms with Crippen LogP contribution in [0.25, 0.3) is 6.08 Å². The molecule has 0 bridgehead atoms. The summed E-state index contributed by atoms with van der Waals surface area (Å²) in [7, 11) is 1.61. The molecule has 1 rings (SSSR count). The van der Waals surface area contributed by atoms with Crippen molar-refractivity contribution in [3.8, 4) is 5.75 Å². The van der Waals surface area contributed by atoms with Crippen LogP contribution in [0.3, 0.4) is 0 Å². The molecule has 0 fully saturated rings. The third-order valence-electron chi connectivity index (χ3n) is 3.28. The van der Waals surface area contributed by atoms with Gasteiger partial charge in [0.25, 0.3) is 0 Å². The van der Waals surface area contributed by atoms with E-state index in [1.54, 1.807) is 13.2 Å². The standard InChI is InChI=1S/C17H25NO3/c1-17(2,13-19)10-5-11-18-16(20)9-8-14-6-4-7-15(12-14)21-3/h4,6-9,12,19H,5,10-11,13H2,1-3H3,(H,18,20)/b9-8+. The Kier molecular flexibility index (Phi) is 6.96. The van der Waals surface area contributed by atoms with E-state index in [9.17, 15) is 4.79 Å². The number of carbonyl (C=O) groups is 1. The highest BCUT2D eigenvalue weighted by molar-refractivity contribution is 5.91. The minimum absolute atomic E-state index is 0.0822. The lowest BCUT2D eigenvalue weighted by atomic mass is 9.89. The highest BCUT2D eigenvalue weighted by atomic mass is 16.5. The van der Waals surface area contributed by atoms with Gasteiger partial charge in [-0.05, 0) is 42.0 Å². The van der Waals surface area contributed by atoms with Crippen LogP contribution in [0.2, 0.25) is 0 Å². The van der Waals surface area contributed by atoms with Crippen molar-refractivity contribution >= 4 is 12.0 Å². The molecule has 4 heteroatoms. The Morgan fingerprint density at radius 3 is 2.86 bits per heavy atom. The summed E-state index contributed by atoms with van der Waals surface area (Å²) in [5.74, 6) is 0.656. The molecular formula is C17H25NO3. The van der Waals surface area contributed by atoms with Crippen LogP contribution in [0.15, 0.2) is 30.3 Å². The topological polar surface area (TPSA) is 58.6 Å². The largest absolute Gasteiger partial charge is 0.497 e. The number of methoxy groups -OCH3 is 1. The molecule has 21 heavy (non-hydrogen) atoms. The van der Waals surface area contributed by atoms with Gasteiger partial charge in [-0.15, -0.1) is 0 Å². The van der Waals surface area contributed by atoms with Crippen molar-refractivity contribution in [2.45, 2.75) is 26.7 Å². The van der Waals surface area contributed by atoms with Crippen LogP contribution in [0, 0.1) is 5.41 Å². The second-order valence-corrected chi connectivity index (χ2v) is 5.83. The minimum atomic E-state index is -0.111. The summed E-state index contributed by atoms with van der Waals surface area (Å²) >= 11 is 0. The molecule has 116 valence electrons. The third kappa shape index (κ3) is 6.95. The van der Waals surface area contributed by atoms with Crippen molar-refractivity contribution in [1.82, 2.24) is 5.32 Å². The van der Waals surface area contributed by atoms with E-state index in [4.69, 9.17) is 9.84 Å². The summed E-state index contributed by atoms with van der Waals surface area (Å²) in [6.07, 6.45) is 5.01. The van der Waals surface area contributed by atoms with E-state index >= 15 is 0 Å². The van der Waals surface area contributed by atoms with E-state index in [-0.39, 0.29) is 17.9 Å². The molecule has 0 aromatic heterocycles. The van der Waals surface area contributed by atoms with Crippen molar-refractivity contribution in [2.75, 3.05) is 20.3 Å². The van der Waals surface area contributed by atoms with Gasteiger partial charge >= 0.3 is 0 Å². The molecule has 0 radical (unpaired) electrons. The molecule has 0 saturated heterocycles. The average molecular weight is 291 g/mol. The Bertz CT molecular complexity index is 481. The maximum atomic E-state index is 11.7. The summed E-state index contributed by atoms with van der Waals surface area (Å²) in [4.78, 5) is 11.7. The lowest BCUT2D eigenvalue weighted by Crippen LogP contribution is -2.24. The lowest BCUT2D eigenvalue weighted by Gasteiger charge is -2.20. The Hall–Kier alpha value is -1.81. The Balaban J connectivity index is 2.34. The van der Waals surface area contributed by atoms with Crippen molar-refractivity contribution in [1.29, 1.82) is 0 Å². The molecule has 1 aromatic rings. The molecule has 0 unspecified atom stereocenters. The monoisotopic (exact) mass is 291 g/mol. The van der Waals surface area contributed by atoms with Crippen molar-refractivity contribution < 1.29 is 14.6 Å². The molecule has 0 saturated carbocycles. The van der Waals surface area contributed by atoms with Gasteiger partial charge in [-0.3, -0.25) is 4.79 Å². The van der Waals surface area contributed by atoms with Crippen LogP contribution < -0.4 is 10.1 Å². The SMILES string of the molecule is COc1cccc(/C=C/C(=O)NCCCC(C)(C)CO)c1. The van der Waals surface area contributed by atoms with Gasteiger partial charge < -0.3 is 15.2 Å². The number of aliphatic hydroxyl groups excluding tert-OH is 1. The molecule has 0 atom stereocenters. The molecule has 1 aromatic carbocycles. The predicted octanol–water partition coefficient (Wildman–Crippen LogP) is 2.62. The highest BCUT2D eigenvalue weighted by Crippen LogP contribution is 2.20. The summed E-state index contributed by atoms with van der Waals surface area (Å²) in [6.45, 7) is 4.80. The van der Waals surface area contributed by atoms with E-state index in [0.29, 0.717) is 6.54 Å². The zero-order chi connectivity index (χ0) is 15.7. The van der Waals surface area contributed by atoms with Crippen molar-refractivity contribution in [2.24, 2.45) is 5.41 Å². The minimum Gasteiger partial charge on any atom is -0.497 e. The first-order valence-corrected chi connectivity index (χ1v) is 7.18. The maximum Gasteiger partial charge on any atom is 0.243 e. The second kappa shape index (κ2) is 8.47. The van der Waals surface area contributed by atoms with Crippen molar-refractivity contribution in [3.05, 3.63) is 35.9 Å². The highest BCUT2D eigenvalue weighted by Gasteiger charge is 2.15. The fourth-order valence-electron chi connectivity index (χ4n) is 1.83. The summed E-state index contributed by atoms with van der Waals surface area (Å²) < 4.78 is 5.13. The fourth-order valence-corrected chi connectivity index (χ4v) is 1.83. The molecule has 1 amide bonds. The van der Waals surface area contributed by atoms with Gasteiger partial charge in [0.15, 0.2) is 0 Å². The molecule has 4 nitrogen and oxygen atoms in total. The predicted molar refractivity (Wildman–Crippen MR) is 85.1 cm³/mol. The van der Waals surface area contributed by atoms with Crippen molar-refractivity contribution in [3.63, 3.8) is 0 Å². The smallest absolute Gasteiger partial charge is 0.243 e. The van der Waals surface area contributed by atoms with Crippen LogP contribution in [0.1, 0.15) is 32.3 Å². The number of amides is 1. The molecule has 0 aliphatic heterocycles. The number of rotatable bonds is 8. The molecule has 2 N–H and O–H groups in total. The van der Waals surface area contributed by atoms with Gasteiger partial charge in [0.1, 0.15) is 5.75 Å². The van der Waals surface area contributed by atoms with Gasteiger partial charge in [-0.2, -0.15) is 0 Å². The van der Waals surface area contributed by atoms with Gasteiger partial charge in [0.05, 0.1) is 7.11 Å². The van der Waals surface area contributed by atoms with Crippen LogP contribution in [-0.4, -0.2) is 31.3 Å². The van der Waals surface area contributed by atoms with E-state index in [0.717, 1.165) is 24.2 Å². The number of aliphatic hydroxyl groups is 1. The molecule has 0 spiro atoms. The van der Waals surface area contributed by atoms with Gasteiger partial charge in [0.2, 0.25) is 5.91 Å². The van der Waals surface area contributed by atoms with E-state index in [1.165, 1.54) is 6.08 Å². The normalized spacial score (nSPS) is 11.6. The first-order valence-electron chi connectivity index (χ1n) is 7.18. The number of carbonyl (C=O) groups excluding carboxylic acids is 1. The lowest BCUT2D eigenvalue weighted by molar-refractivity contribution is -0.116. The Labute approximate surface area is 126 Å². The maximum absolute atomic E-state index is 11.7. The quantitative estimate of drug-likeness (QED) is 0.572. The van der Waals surface area contributed by atoms with Crippen LogP contribution in [-0.2, 0) is 4.79 Å². The number of ether oxygens (including phenoxy) is 1. The van der Waals surface area contributed by atoms with Crippen LogP contribution >= 0.6 is 0 Å². The summed E-state index contributed by atoms with van der Waals surface area (Å²) in [5.41, 5.74) is 0.840. The fraction of sp³-hybridized carbons (Fsp3) is 0.471. The molecule has 0 aliphatic carbocycles. The Morgan fingerprint density at radius 2 is 2.19 bits per heavy atom. The molecular weight excluding hydrogens is 266 g/mol. The number of nitrogens with one attached hydrogen (secondary N) is 1. The zero-order valence-electron chi connectivity index (χ0n) is 13.1. The van der Waals surface area contributed by atoms with Gasteiger partial charge in [0, 0.05) is 19.2 Å². The molecule has 0 heterocycles. The second-order valence-electron chi connectivity index (χ2n) is 5.83. The van der Waals surface area contributed by atoms with E-state index in [2.05, 4.69) is 5.32 Å². The van der Waals surface area contributed by atoms with Crippen LogP contribution in [0.4, 0.5) is 0 Å². The van der Waals surface area contributed by atoms with Gasteiger partial charge in [-0.25, -0.2) is 0 Å². The number of hydrogen-bond acceptors (Lipinski definition) is 3. The van der Waals surface area contributed by atoms with E-state index in [1.807, 2.05) is 38.1 Å². The third-order valence-corrected chi connectivity index (χ3v) is 3.28. The van der Waals surface area contributed by atoms with Crippen LogP contribution in [0.5, 0.6) is 5.75 Å². The molecule has 0 aliphatic rings. The number of hydrogen-bond donors (Lipinski definition) is 2. The zero-order valence-corrected chi connectivity index (χ0v) is 13.1. The number of benzene rings is 1. The average Bonchev–Trinajstić information content (AvgIpc) is 2.50. The Morgan fingerprint density at radius 1 is 1.43 bits per heavy atom. The van der Waals surface area contributed by atoms with Gasteiger partial charge in [-0.1, -0.05) is 26.0 Å². The summed E-state index contributed by atoms with van der Waals surface area (Å²) in [5, 5.41) is 12.0. The first kappa shape index (κ1) is 17.2. The first-order chi connectivity index (χ1) is 9.96. The summed E-state index contributed by atoms with van der Waals surface area (Å²) in [6, 6.07) is 7.53.